The van der Waals surface area contributed by atoms with Crippen LogP contribution in [0.5, 0.6) is 0 Å². The van der Waals surface area contributed by atoms with E-state index in [-0.39, 0.29) is 0 Å². The van der Waals surface area contributed by atoms with Crippen LogP contribution >= 0.6 is 23.4 Å². The number of hydrogen-bond acceptors (Lipinski definition) is 4. The van der Waals surface area contributed by atoms with Crippen LogP contribution in [-0.2, 0) is 0 Å². The molecule has 0 atom stereocenters. The fourth-order valence-electron chi connectivity index (χ4n) is 1.23. The van der Waals surface area contributed by atoms with E-state index in [1.165, 1.54) is 11.8 Å². The molecule has 3 nitrogen and oxygen atoms in total. The molecule has 5 heteroatoms. The second kappa shape index (κ2) is 4.80. The molecule has 0 N–H and O–H groups in total. The van der Waals surface area contributed by atoms with Crippen LogP contribution in [-0.4, -0.2) is 15.0 Å². The van der Waals surface area contributed by atoms with Gasteiger partial charge in [0.05, 0.1) is 5.02 Å². The first kappa shape index (κ1) is 11.4. The monoisotopic (exact) mass is 250 g/mol. The van der Waals surface area contributed by atoms with Gasteiger partial charge in [0, 0.05) is 23.7 Å². The lowest BCUT2D eigenvalue weighted by atomic mass is 10.4. The maximum Gasteiger partial charge on any atom is 0.194 e. The summed E-state index contributed by atoms with van der Waals surface area (Å²) in [7, 11) is 0. The average Bonchev–Trinajstić information content (AvgIpc) is 2.20. The Balaban J connectivity index is 2.30. The predicted molar refractivity (Wildman–Crippen MR) is 63.7 cm³/mol. The van der Waals surface area contributed by atoms with Crippen molar-refractivity contribution in [2.75, 3.05) is 0 Å². The quantitative estimate of drug-likeness (QED) is 0.768. The third-order valence-electron chi connectivity index (χ3n) is 1.82. The van der Waals surface area contributed by atoms with E-state index >= 15 is 0 Å². The number of pyridine rings is 1. The van der Waals surface area contributed by atoms with Crippen LogP contribution in [0.25, 0.3) is 0 Å². The van der Waals surface area contributed by atoms with E-state index in [1.54, 1.807) is 12.3 Å². The summed E-state index contributed by atoms with van der Waals surface area (Å²) in [4.78, 5) is 12.8. The maximum absolute atomic E-state index is 5.98. The van der Waals surface area contributed by atoms with E-state index in [4.69, 9.17) is 11.6 Å². The third-order valence-corrected chi connectivity index (χ3v) is 3.10. The highest BCUT2D eigenvalue weighted by atomic mass is 35.5. The molecule has 81 valence electrons. The zero-order valence-electron chi connectivity index (χ0n) is 8.86. The van der Waals surface area contributed by atoms with E-state index in [0.717, 1.165) is 11.4 Å². The molecular formula is C11H9ClN3S. The largest absolute Gasteiger partial charge is 0.247 e. The van der Waals surface area contributed by atoms with Crippen LogP contribution in [0.2, 0.25) is 5.02 Å². The highest BCUT2D eigenvalue weighted by Gasteiger charge is 2.06. The van der Waals surface area contributed by atoms with E-state index in [9.17, 15) is 0 Å². The molecule has 2 heterocycles. The van der Waals surface area contributed by atoms with Crippen LogP contribution in [0.3, 0.4) is 0 Å². The summed E-state index contributed by atoms with van der Waals surface area (Å²) >= 11 is 7.34. The molecule has 0 saturated carbocycles. The molecule has 2 aromatic rings. The van der Waals surface area contributed by atoms with Gasteiger partial charge in [0.25, 0.3) is 0 Å². The van der Waals surface area contributed by atoms with E-state index in [2.05, 4.69) is 21.0 Å². The van der Waals surface area contributed by atoms with Gasteiger partial charge in [-0.2, -0.15) is 0 Å². The first-order valence-corrected chi connectivity index (χ1v) is 5.86. The highest BCUT2D eigenvalue weighted by Crippen LogP contribution is 2.28. The lowest BCUT2D eigenvalue weighted by Crippen LogP contribution is -1.93. The summed E-state index contributed by atoms with van der Waals surface area (Å²) in [6.07, 6.45) is 1.58. The Morgan fingerprint density at radius 3 is 2.56 bits per heavy atom. The molecule has 2 aromatic heterocycles. The number of rotatable bonds is 2. The molecule has 0 bridgehead atoms. The molecule has 0 aromatic carbocycles. The van der Waals surface area contributed by atoms with Gasteiger partial charge in [0.15, 0.2) is 5.16 Å². The van der Waals surface area contributed by atoms with E-state index in [0.29, 0.717) is 15.2 Å². The minimum absolute atomic E-state index is 0.565. The molecule has 16 heavy (non-hydrogen) atoms. The molecule has 0 amide bonds. The van der Waals surface area contributed by atoms with Gasteiger partial charge in [-0.05, 0) is 37.7 Å². The zero-order valence-corrected chi connectivity index (χ0v) is 10.4. The number of aromatic nitrogens is 3. The first-order valence-electron chi connectivity index (χ1n) is 4.67. The van der Waals surface area contributed by atoms with Crippen molar-refractivity contribution in [1.82, 2.24) is 15.0 Å². The fourth-order valence-corrected chi connectivity index (χ4v) is 2.27. The van der Waals surface area contributed by atoms with Crippen molar-refractivity contribution in [3.63, 3.8) is 0 Å². The SMILES string of the molecule is Cc1cc(C)nc(Sc2nc[c]cc2Cl)n1. The Bertz CT molecular complexity index is 496. The van der Waals surface area contributed by atoms with Crippen molar-refractivity contribution in [2.45, 2.75) is 24.0 Å². The molecule has 0 saturated heterocycles. The molecule has 0 aliphatic heterocycles. The molecule has 2 rings (SSSR count). The Hall–Kier alpha value is -1.13. The Labute approximate surface area is 103 Å². The maximum atomic E-state index is 5.98. The van der Waals surface area contributed by atoms with Crippen LogP contribution in [0, 0.1) is 19.9 Å². The standard InChI is InChI=1S/C11H9ClN3S/c1-7-6-8(2)15-11(14-7)16-10-9(12)4-3-5-13-10/h4-6H,1-2H3. The molecule has 0 fully saturated rings. The molecule has 0 aliphatic carbocycles. The van der Waals surface area contributed by atoms with Gasteiger partial charge in [-0.3, -0.25) is 0 Å². The van der Waals surface area contributed by atoms with E-state index in [1.807, 2.05) is 19.9 Å². The minimum Gasteiger partial charge on any atom is -0.247 e. The number of hydrogen-bond donors (Lipinski definition) is 0. The lowest BCUT2D eigenvalue weighted by molar-refractivity contribution is 0.899. The summed E-state index contributed by atoms with van der Waals surface area (Å²) in [5, 5.41) is 1.93. The van der Waals surface area contributed by atoms with Crippen molar-refractivity contribution in [2.24, 2.45) is 0 Å². The van der Waals surface area contributed by atoms with Gasteiger partial charge in [0.2, 0.25) is 0 Å². The first-order chi connectivity index (χ1) is 7.65. The number of nitrogens with zero attached hydrogens (tertiary/aromatic N) is 3. The summed E-state index contributed by atoms with van der Waals surface area (Å²) in [5.74, 6) is 0. The topological polar surface area (TPSA) is 38.7 Å². The Kier molecular flexibility index (Phi) is 3.41. The minimum atomic E-state index is 0.565. The third kappa shape index (κ3) is 2.71. The molecular weight excluding hydrogens is 242 g/mol. The van der Waals surface area contributed by atoms with Gasteiger partial charge in [-0.25, -0.2) is 15.0 Å². The fraction of sp³-hybridized carbons (Fsp3) is 0.182. The number of halogens is 1. The number of aryl methyl sites for hydroxylation is 2. The Morgan fingerprint density at radius 1 is 1.25 bits per heavy atom. The normalized spacial score (nSPS) is 10.4. The van der Waals surface area contributed by atoms with Crippen molar-refractivity contribution < 1.29 is 0 Å². The lowest BCUT2D eigenvalue weighted by Gasteiger charge is -2.03. The summed E-state index contributed by atoms with van der Waals surface area (Å²) in [6.45, 7) is 3.87. The van der Waals surface area contributed by atoms with Crippen LogP contribution < -0.4 is 0 Å². The van der Waals surface area contributed by atoms with Crippen LogP contribution in [0.4, 0.5) is 0 Å². The van der Waals surface area contributed by atoms with Crippen LogP contribution in [0.1, 0.15) is 11.4 Å². The van der Waals surface area contributed by atoms with Gasteiger partial charge in [-0.15, -0.1) is 0 Å². The second-order valence-corrected chi connectivity index (χ2v) is 4.62. The van der Waals surface area contributed by atoms with Crippen molar-refractivity contribution in [1.29, 1.82) is 0 Å². The predicted octanol–water partition coefficient (Wildman–Crippen LogP) is 3.09. The smallest absolute Gasteiger partial charge is 0.194 e. The van der Waals surface area contributed by atoms with E-state index < -0.39 is 0 Å². The average molecular weight is 251 g/mol. The van der Waals surface area contributed by atoms with Crippen molar-refractivity contribution >= 4 is 23.4 Å². The van der Waals surface area contributed by atoms with Gasteiger partial charge < -0.3 is 0 Å². The summed E-state index contributed by atoms with van der Waals surface area (Å²) in [5.41, 5.74) is 1.88. The van der Waals surface area contributed by atoms with Crippen molar-refractivity contribution in [3.8, 4) is 0 Å². The second-order valence-electron chi connectivity index (χ2n) is 3.26. The molecule has 0 aliphatic rings. The van der Waals surface area contributed by atoms with Gasteiger partial charge >= 0.3 is 0 Å². The molecule has 0 spiro atoms. The molecule has 1 radical (unpaired) electrons. The zero-order chi connectivity index (χ0) is 11.5. The van der Waals surface area contributed by atoms with Crippen LogP contribution in [0.15, 0.2) is 28.5 Å². The van der Waals surface area contributed by atoms with Gasteiger partial charge in [-0.1, -0.05) is 11.6 Å². The van der Waals surface area contributed by atoms with Gasteiger partial charge in [0.1, 0.15) is 5.03 Å². The molecule has 0 unspecified atom stereocenters. The summed E-state index contributed by atoms with van der Waals surface area (Å²) < 4.78 is 0. The summed E-state index contributed by atoms with van der Waals surface area (Å²) in [6, 6.07) is 6.42. The van der Waals surface area contributed by atoms with Crippen molar-refractivity contribution in [3.05, 3.63) is 40.8 Å². The Morgan fingerprint density at radius 2 is 1.94 bits per heavy atom. The highest BCUT2D eigenvalue weighted by molar-refractivity contribution is 7.99.